The fraction of sp³-hybridized carbons (Fsp3) is 0.105. The molecule has 0 saturated carbocycles. The number of halogens is 4. The van der Waals surface area contributed by atoms with E-state index in [4.69, 9.17) is 16.0 Å². The molecule has 0 unspecified atom stereocenters. The molecule has 0 spiro atoms. The number of carbonyl (C=O) groups is 1. The Bertz CT molecular complexity index is 963. The fourth-order valence-electron chi connectivity index (χ4n) is 2.41. The van der Waals surface area contributed by atoms with Crippen LogP contribution in [0.4, 0.5) is 18.9 Å². The Hall–Kier alpha value is -2.73. The number of nitrogens with one attached hydrogen (secondary N) is 1. The monoisotopic (exact) mass is 379 g/mol. The summed E-state index contributed by atoms with van der Waals surface area (Å²) in [5.74, 6) is -0.357. The zero-order valence-electron chi connectivity index (χ0n) is 13.5. The molecule has 0 saturated heterocycles. The molecule has 1 amide bonds. The molecule has 3 nitrogen and oxygen atoms in total. The third kappa shape index (κ3) is 3.75. The van der Waals surface area contributed by atoms with Crippen LogP contribution in [0.25, 0.3) is 11.3 Å². The van der Waals surface area contributed by atoms with Crippen LogP contribution in [0.3, 0.4) is 0 Å². The predicted molar refractivity (Wildman–Crippen MR) is 93.3 cm³/mol. The highest BCUT2D eigenvalue weighted by atomic mass is 35.5. The molecule has 2 aromatic carbocycles. The maximum Gasteiger partial charge on any atom is 0.417 e. The van der Waals surface area contributed by atoms with Gasteiger partial charge in [-0.3, -0.25) is 4.79 Å². The fourth-order valence-corrected chi connectivity index (χ4v) is 2.63. The van der Waals surface area contributed by atoms with Crippen LogP contribution < -0.4 is 5.32 Å². The van der Waals surface area contributed by atoms with E-state index in [2.05, 4.69) is 5.32 Å². The average Bonchev–Trinajstić information content (AvgIpc) is 3.06. The first-order chi connectivity index (χ1) is 12.3. The quantitative estimate of drug-likeness (QED) is 0.590. The Morgan fingerprint density at radius 3 is 2.50 bits per heavy atom. The van der Waals surface area contributed by atoms with Crippen LogP contribution in [0.5, 0.6) is 0 Å². The zero-order valence-corrected chi connectivity index (χ0v) is 14.3. The van der Waals surface area contributed by atoms with Crippen molar-refractivity contribution in [1.29, 1.82) is 0 Å². The maximum atomic E-state index is 13.0. The van der Waals surface area contributed by atoms with E-state index >= 15 is 0 Å². The number of aryl methyl sites for hydroxylation is 1. The molecule has 3 aromatic rings. The second-order valence-electron chi connectivity index (χ2n) is 5.63. The second kappa shape index (κ2) is 6.88. The highest BCUT2D eigenvalue weighted by Crippen LogP contribution is 2.37. The van der Waals surface area contributed by atoms with Gasteiger partial charge >= 0.3 is 6.18 Å². The maximum absolute atomic E-state index is 13.0. The van der Waals surface area contributed by atoms with Crippen LogP contribution >= 0.6 is 11.6 Å². The number of furan rings is 1. The average molecular weight is 380 g/mol. The predicted octanol–water partition coefficient (Wildman–Crippen LogP) is 6.18. The van der Waals surface area contributed by atoms with Crippen LogP contribution in [0.1, 0.15) is 21.7 Å². The molecule has 0 fully saturated rings. The Kier molecular flexibility index (Phi) is 4.78. The topological polar surface area (TPSA) is 42.2 Å². The minimum absolute atomic E-state index is 0.00763. The molecule has 134 valence electrons. The van der Waals surface area contributed by atoms with Gasteiger partial charge in [0, 0.05) is 11.3 Å². The van der Waals surface area contributed by atoms with Crippen LogP contribution in [-0.4, -0.2) is 5.91 Å². The Balaban J connectivity index is 1.86. The van der Waals surface area contributed by atoms with E-state index in [0.29, 0.717) is 5.69 Å². The van der Waals surface area contributed by atoms with E-state index < -0.39 is 22.7 Å². The van der Waals surface area contributed by atoms with Crippen molar-refractivity contribution < 1.29 is 22.4 Å². The smallest absolute Gasteiger partial charge is 0.417 e. The standard InChI is InChI=1S/C19H13ClF3NO2/c1-11-4-2-3-5-15(11)24-18(25)17-9-8-16(26-17)12-6-7-14(20)13(10-12)19(21,22)23/h2-10H,1H3,(H,24,25). The van der Waals surface area contributed by atoms with Gasteiger partial charge in [0.05, 0.1) is 10.6 Å². The molecule has 0 radical (unpaired) electrons. The summed E-state index contributed by atoms with van der Waals surface area (Å²) in [4.78, 5) is 12.3. The van der Waals surface area contributed by atoms with Gasteiger partial charge in [-0.05, 0) is 48.9 Å². The number of alkyl halides is 3. The van der Waals surface area contributed by atoms with Gasteiger partial charge in [-0.25, -0.2) is 0 Å². The van der Waals surface area contributed by atoms with E-state index in [-0.39, 0.29) is 17.1 Å². The molecule has 0 aliphatic carbocycles. The van der Waals surface area contributed by atoms with Crippen molar-refractivity contribution in [2.24, 2.45) is 0 Å². The van der Waals surface area contributed by atoms with Crippen molar-refractivity contribution in [3.63, 3.8) is 0 Å². The van der Waals surface area contributed by atoms with Gasteiger partial charge in [-0.2, -0.15) is 13.2 Å². The van der Waals surface area contributed by atoms with Crippen LogP contribution in [0.2, 0.25) is 5.02 Å². The van der Waals surface area contributed by atoms with E-state index in [0.717, 1.165) is 17.7 Å². The largest absolute Gasteiger partial charge is 0.451 e. The van der Waals surface area contributed by atoms with Crippen molar-refractivity contribution in [2.45, 2.75) is 13.1 Å². The first-order valence-electron chi connectivity index (χ1n) is 7.59. The van der Waals surface area contributed by atoms with Crippen molar-refractivity contribution in [2.75, 3.05) is 5.32 Å². The minimum Gasteiger partial charge on any atom is -0.451 e. The van der Waals surface area contributed by atoms with Gasteiger partial charge in [-0.1, -0.05) is 29.8 Å². The Morgan fingerprint density at radius 2 is 1.81 bits per heavy atom. The number of carbonyl (C=O) groups excluding carboxylic acids is 1. The normalized spacial score (nSPS) is 11.4. The summed E-state index contributed by atoms with van der Waals surface area (Å²) in [5, 5.41) is 2.30. The molecule has 0 aliphatic heterocycles. The van der Waals surface area contributed by atoms with E-state index in [9.17, 15) is 18.0 Å². The van der Waals surface area contributed by atoms with Gasteiger partial charge in [0.1, 0.15) is 5.76 Å². The number of anilines is 1. The summed E-state index contributed by atoms with van der Waals surface area (Å²) < 4.78 is 44.4. The zero-order chi connectivity index (χ0) is 18.9. The molecular weight excluding hydrogens is 367 g/mol. The van der Waals surface area contributed by atoms with Crippen LogP contribution in [0, 0.1) is 6.92 Å². The molecule has 0 aliphatic rings. The Labute approximate surface area is 152 Å². The number of benzene rings is 2. The summed E-state index contributed by atoms with van der Waals surface area (Å²) >= 11 is 5.61. The highest BCUT2D eigenvalue weighted by molar-refractivity contribution is 6.31. The van der Waals surface area contributed by atoms with E-state index in [1.165, 1.54) is 18.2 Å². The third-order valence-corrected chi connectivity index (χ3v) is 4.11. The molecule has 0 atom stereocenters. The number of rotatable bonds is 3. The Morgan fingerprint density at radius 1 is 1.08 bits per heavy atom. The lowest BCUT2D eigenvalue weighted by Gasteiger charge is -2.10. The second-order valence-corrected chi connectivity index (χ2v) is 6.03. The van der Waals surface area contributed by atoms with Gasteiger partial charge in [0.2, 0.25) is 0 Å². The molecule has 1 N–H and O–H groups in total. The lowest BCUT2D eigenvalue weighted by Crippen LogP contribution is -2.11. The molecule has 26 heavy (non-hydrogen) atoms. The van der Waals surface area contributed by atoms with Crippen molar-refractivity contribution in [1.82, 2.24) is 0 Å². The lowest BCUT2D eigenvalue weighted by molar-refractivity contribution is -0.137. The summed E-state index contributed by atoms with van der Waals surface area (Å²) in [5.41, 5.74) is 0.720. The van der Waals surface area contributed by atoms with Gasteiger partial charge < -0.3 is 9.73 Å². The van der Waals surface area contributed by atoms with Gasteiger partial charge in [0.15, 0.2) is 5.76 Å². The number of amides is 1. The molecule has 1 aromatic heterocycles. The van der Waals surface area contributed by atoms with E-state index in [1.54, 1.807) is 12.1 Å². The van der Waals surface area contributed by atoms with Gasteiger partial charge in [0.25, 0.3) is 5.91 Å². The number of hydrogen-bond donors (Lipinski definition) is 1. The SMILES string of the molecule is Cc1ccccc1NC(=O)c1ccc(-c2ccc(Cl)c(C(F)(F)F)c2)o1. The summed E-state index contributed by atoms with van der Waals surface area (Å²) in [6, 6.07) is 13.5. The first kappa shape index (κ1) is 18.1. The molecule has 0 bridgehead atoms. The van der Waals surface area contributed by atoms with Crippen molar-refractivity contribution >= 4 is 23.2 Å². The van der Waals surface area contributed by atoms with Crippen molar-refractivity contribution in [3.8, 4) is 11.3 Å². The van der Waals surface area contributed by atoms with Gasteiger partial charge in [-0.15, -0.1) is 0 Å². The minimum atomic E-state index is -4.58. The van der Waals surface area contributed by atoms with E-state index in [1.807, 2.05) is 19.1 Å². The molecule has 1 heterocycles. The number of hydrogen-bond acceptors (Lipinski definition) is 2. The highest BCUT2D eigenvalue weighted by Gasteiger charge is 2.33. The van der Waals surface area contributed by atoms with Crippen LogP contribution in [0.15, 0.2) is 59.0 Å². The van der Waals surface area contributed by atoms with Crippen LogP contribution in [-0.2, 0) is 6.18 Å². The summed E-state index contributed by atoms with van der Waals surface area (Å²) in [6.07, 6.45) is -4.58. The molecule has 3 rings (SSSR count). The molecule has 7 heteroatoms. The van der Waals surface area contributed by atoms with Crippen molar-refractivity contribution in [3.05, 3.63) is 76.5 Å². The summed E-state index contributed by atoms with van der Waals surface area (Å²) in [6.45, 7) is 1.84. The number of para-hydroxylation sites is 1. The molecular formula is C19H13ClF3NO2. The lowest BCUT2D eigenvalue weighted by atomic mass is 10.1. The first-order valence-corrected chi connectivity index (χ1v) is 7.97. The summed E-state index contributed by atoms with van der Waals surface area (Å²) in [7, 11) is 0. The third-order valence-electron chi connectivity index (χ3n) is 3.78.